The molecular formula is C10H15N3O4S. The van der Waals surface area contributed by atoms with Crippen molar-refractivity contribution in [3.8, 4) is 0 Å². The Hall–Kier alpha value is -1.96. The predicted molar refractivity (Wildman–Crippen MR) is 68.4 cm³/mol. The maximum absolute atomic E-state index is 11.6. The molecule has 1 amide bonds. The third-order valence-corrected chi connectivity index (χ3v) is 3.26. The Morgan fingerprint density at radius 2 is 1.94 bits per heavy atom. The third-order valence-electron chi connectivity index (χ3n) is 2.35. The van der Waals surface area contributed by atoms with E-state index in [0.29, 0.717) is 22.5 Å². The van der Waals surface area contributed by atoms with Crippen molar-refractivity contribution in [2.24, 2.45) is 0 Å². The van der Waals surface area contributed by atoms with Crippen molar-refractivity contribution in [3.05, 3.63) is 23.3 Å². The predicted octanol–water partition coefficient (Wildman–Crippen LogP) is 0.898. The van der Waals surface area contributed by atoms with Gasteiger partial charge in [-0.25, -0.2) is 9.52 Å². The van der Waals surface area contributed by atoms with Crippen LogP contribution in [-0.4, -0.2) is 21.6 Å². The van der Waals surface area contributed by atoms with Gasteiger partial charge in [0.15, 0.2) is 0 Å². The van der Waals surface area contributed by atoms with Crippen molar-refractivity contribution < 1.29 is 17.9 Å². The summed E-state index contributed by atoms with van der Waals surface area (Å²) in [6, 6.07) is 3.36. The summed E-state index contributed by atoms with van der Waals surface area (Å²) in [6.07, 6.45) is -1.07. The standard InChI is InChI=1S/C10H15N3O4S/c1-6-4-5-8(11)7(2)9(6)12-18(15,16)13-10(14)17-3/h4-5,12H,11H2,1-3H3,(H,13,14). The molecule has 0 aliphatic heterocycles. The zero-order valence-corrected chi connectivity index (χ0v) is 11.1. The molecule has 7 nitrogen and oxygen atoms in total. The fraction of sp³-hybridized carbons (Fsp3) is 0.300. The molecule has 0 fully saturated rings. The maximum Gasteiger partial charge on any atom is 0.422 e. The molecule has 0 aliphatic rings. The van der Waals surface area contributed by atoms with Crippen LogP contribution < -0.4 is 15.2 Å². The summed E-state index contributed by atoms with van der Waals surface area (Å²) in [5.74, 6) is 0. The molecular weight excluding hydrogens is 258 g/mol. The molecule has 100 valence electrons. The molecule has 0 saturated carbocycles. The van der Waals surface area contributed by atoms with Gasteiger partial charge in [-0.1, -0.05) is 6.07 Å². The number of aryl methyl sites for hydroxylation is 1. The van der Waals surface area contributed by atoms with Crippen LogP contribution >= 0.6 is 0 Å². The second kappa shape index (κ2) is 5.13. The zero-order chi connectivity index (χ0) is 13.9. The number of hydrogen-bond acceptors (Lipinski definition) is 5. The second-order valence-electron chi connectivity index (χ2n) is 3.67. The lowest BCUT2D eigenvalue weighted by Gasteiger charge is -2.14. The van der Waals surface area contributed by atoms with Gasteiger partial charge in [-0.05, 0) is 31.0 Å². The monoisotopic (exact) mass is 273 g/mol. The Morgan fingerprint density at radius 3 is 2.50 bits per heavy atom. The zero-order valence-electron chi connectivity index (χ0n) is 10.3. The van der Waals surface area contributed by atoms with Gasteiger partial charge >= 0.3 is 16.3 Å². The quantitative estimate of drug-likeness (QED) is 0.708. The molecule has 0 bridgehead atoms. The fourth-order valence-corrected chi connectivity index (χ4v) is 2.27. The van der Waals surface area contributed by atoms with E-state index in [0.717, 1.165) is 7.11 Å². The largest absolute Gasteiger partial charge is 0.452 e. The van der Waals surface area contributed by atoms with Gasteiger partial charge in [0.1, 0.15) is 0 Å². The van der Waals surface area contributed by atoms with E-state index in [4.69, 9.17) is 5.73 Å². The van der Waals surface area contributed by atoms with E-state index >= 15 is 0 Å². The van der Waals surface area contributed by atoms with Crippen LogP contribution in [-0.2, 0) is 14.9 Å². The lowest BCUT2D eigenvalue weighted by Crippen LogP contribution is -2.35. The Morgan fingerprint density at radius 1 is 1.33 bits per heavy atom. The molecule has 0 radical (unpaired) electrons. The number of anilines is 2. The van der Waals surface area contributed by atoms with Crippen LogP contribution in [0.15, 0.2) is 12.1 Å². The number of amides is 1. The highest BCUT2D eigenvalue weighted by Crippen LogP contribution is 2.25. The fourth-order valence-electron chi connectivity index (χ4n) is 1.33. The number of hydrogen-bond donors (Lipinski definition) is 3. The van der Waals surface area contributed by atoms with Crippen molar-refractivity contribution >= 4 is 27.7 Å². The number of nitrogen functional groups attached to an aromatic ring is 1. The number of nitrogens with one attached hydrogen (secondary N) is 2. The van der Waals surface area contributed by atoms with Crippen molar-refractivity contribution in [1.82, 2.24) is 4.72 Å². The highest BCUT2D eigenvalue weighted by atomic mass is 32.2. The Bertz CT molecular complexity index is 569. The maximum atomic E-state index is 11.6. The molecule has 0 aliphatic carbocycles. The summed E-state index contributed by atoms with van der Waals surface area (Å²) in [7, 11) is -2.97. The molecule has 0 heterocycles. The van der Waals surface area contributed by atoms with Gasteiger partial charge < -0.3 is 10.5 Å². The van der Waals surface area contributed by atoms with Crippen LogP contribution in [0.4, 0.5) is 16.2 Å². The summed E-state index contributed by atoms with van der Waals surface area (Å²) in [5, 5.41) is 0. The summed E-state index contributed by atoms with van der Waals surface area (Å²) in [5.41, 5.74) is 7.76. The lowest BCUT2D eigenvalue weighted by atomic mass is 10.1. The molecule has 0 saturated heterocycles. The van der Waals surface area contributed by atoms with Crippen molar-refractivity contribution in [3.63, 3.8) is 0 Å². The molecule has 18 heavy (non-hydrogen) atoms. The first-order valence-electron chi connectivity index (χ1n) is 5.01. The van der Waals surface area contributed by atoms with Crippen molar-refractivity contribution in [2.45, 2.75) is 13.8 Å². The van der Waals surface area contributed by atoms with Crippen molar-refractivity contribution in [1.29, 1.82) is 0 Å². The van der Waals surface area contributed by atoms with E-state index in [1.54, 1.807) is 30.7 Å². The van der Waals surface area contributed by atoms with E-state index in [1.165, 1.54) is 0 Å². The van der Waals surface area contributed by atoms with Crippen LogP contribution in [0, 0.1) is 13.8 Å². The number of ether oxygens (including phenoxy) is 1. The van der Waals surface area contributed by atoms with Crippen molar-refractivity contribution in [2.75, 3.05) is 17.6 Å². The van der Waals surface area contributed by atoms with Gasteiger partial charge in [-0.3, -0.25) is 4.72 Å². The molecule has 1 rings (SSSR count). The van der Waals surface area contributed by atoms with Gasteiger partial charge in [0.25, 0.3) is 0 Å². The highest BCUT2D eigenvalue weighted by Gasteiger charge is 2.17. The van der Waals surface area contributed by atoms with Gasteiger partial charge in [0.05, 0.1) is 12.8 Å². The van der Waals surface area contributed by atoms with Crippen LogP contribution in [0.2, 0.25) is 0 Å². The van der Waals surface area contributed by atoms with Crippen LogP contribution in [0.25, 0.3) is 0 Å². The Balaban J connectivity index is 3.05. The number of carbonyl (C=O) groups is 1. The average Bonchev–Trinajstić information content (AvgIpc) is 2.29. The Kier molecular flexibility index (Phi) is 4.02. The SMILES string of the molecule is COC(=O)NS(=O)(=O)Nc1c(C)ccc(N)c1C. The third kappa shape index (κ3) is 3.27. The summed E-state index contributed by atoms with van der Waals surface area (Å²) >= 11 is 0. The minimum absolute atomic E-state index is 0.339. The molecule has 1 aromatic carbocycles. The summed E-state index contributed by atoms with van der Waals surface area (Å²) in [4.78, 5) is 10.9. The Labute approximate surface area is 106 Å². The van der Waals surface area contributed by atoms with E-state index in [2.05, 4.69) is 9.46 Å². The van der Waals surface area contributed by atoms with E-state index < -0.39 is 16.3 Å². The molecule has 1 aromatic rings. The van der Waals surface area contributed by atoms with Gasteiger partial charge in [-0.15, -0.1) is 0 Å². The molecule has 0 spiro atoms. The van der Waals surface area contributed by atoms with E-state index in [9.17, 15) is 13.2 Å². The molecule has 0 atom stereocenters. The number of nitrogens with two attached hydrogens (primary N) is 1. The van der Waals surface area contributed by atoms with Crippen LogP contribution in [0.5, 0.6) is 0 Å². The molecule has 0 unspecified atom stereocenters. The minimum atomic E-state index is -4.04. The first-order valence-corrected chi connectivity index (χ1v) is 6.49. The number of benzene rings is 1. The second-order valence-corrected chi connectivity index (χ2v) is 5.09. The van der Waals surface area contributed by atoms with Gasteiger partial charge in [0, 0.05) is 5.69 Å². The minimum Gasteiger partial charge on any atom is -0.452 e. The lowest BCUT2D eigenvalue weighted by molar-refractivity contribution is 0.177. The first-order chi connectivity index (χ1) is 8.26. The first kappa shape index (κ1) is 14.1. The van der Waals surface area contributed by atoms with Crippen LogP contribution in [0.1, 0.15) is 11.1 Å². The smallest absolute Gasteiger partial charge is 0.422 e. The number of methoxy groups -OCH3 is 1. The average molecular weight is 273 g/mol. The molecule has 4 N–H and O–H groups in total. The topological polar surface area (TPSA) is 111 Å². The van der Waals surface area contributed by atoms with E-state index in [-0.39, 0.29) is 0 Å². The highest BCUT2D eigenvalue weighted by molar-refractivity contribution is 7.91. The summed E-state index contributed by atoms with van der Waals surface area (Å²) in [6.45, 7) is 3.40. The van der Waals surface area contributed by atoms with Gasteiger partial charge in [-0.2, -0.15) is 8.42 Å². The van der Waals surface area contributed by atoms with E-state index in [1.807, 2.05) is 0 Å². The van der Waals surface area contributed by atoms with Crippen LogP contribution in [0.3, 0.4) is 0 Å². The van der Waals surface area contributed by atoms with Gasteiger partial charge in [0.2, 0.25) is 0 Å². The molecule has 0 aromatic heterocycles. The number of carbonyl (C=O) groups excluding carboxylic acids is 1. The number of rotatable bonds is 3. The summed E-state index contributed by atoms with van der Waals surface area (Å²) < 4.78 is 31.4. The normalized spacial score (nSPS) is 10.8. The molecule has 8 heteroatoms.